The summed E-state index contributed by atoms with van der Waals surface area (Å²) in [5.74, 6) is -3.42. The molecule has 0 radical (unpaired) electrons. The summed E-state index contributed by atoms with van der Waals surface area (Å²) in [5.41, 5.74) is 0. The zero-order valence-electron chi connectivity index (χ0n) is 9.75. The minimum absolute atomic E-state index is 0.115. The first-order valence-corrected chi connectivity index (χ1v) is 5.33. The molecule has 0 atom stereocenters. The Morgan fingerprint density at radius 2 is 1.50 bits per heavy atom. The van der Waals surface area contributed by atoms with E-state index in [4.69, 9.17) is 4.74 Å². The Morgan fingerprint density at radius 1 is 0.850 bits per heavy atom. The van der Waals surface area contributed by atoms with Crippen molar-refractivity contribution in [2.24, 2.45) is 0 Å². The van der Waals surface area contributed by atoms with Crippen LogP contribution in [-0.4, -0.2) is 6.36 Å². The molecule has 0 fully saturated rings. The molecular weight excluding hydrogens is 283 g/mol. The standard InChI is InChI=1S/C13H7F5O2/c14-10-5-2-6-11(12(10)15)19-8-3-1-4-9(7-8)20-13(16,17)18/h1-7H. The summed E-state index contributed by atoms with van der Waals surface area (Å²) in [5, 5.41) is 0. The third kappa shape index (κ3) is 3.59. The number of hydrogen-bond acceptors (Lipinski definition) is 2. The molecule has 0 heterocycles. The van der Waals surface area contributed by atoms with Crippen molar-refractivity contribution in [3.05, 3.63) is 54.1 Å². The van der Waals surface area contributed by atoms with Crippen molar-refractivity contribution in [1.29, 1.82) is 0 Å². The van der Waals surface area contributed by atoms with Crippen LogP contribution in [0.4, 0.5) is 22.0 Å². The smallest absolute Gasteiger partial charge is 0.454 e. The molecule has 0 aliphatic rings. The molecule has 0 unspecified atom stereocenters. The maximum atomic E-state index is 13.3. The third-order valence-corrected chi connectivity index (χ3v) is 2.18. The number of alkyl halides is 3. The third-order valence-electron chi connectivity index (χ3n) is 2.18. The first kappa shape index (κ1) is 14.1. The predicted molar refractivity (Wildman–Crippen MR) is 59.6 cm³/mol. The summed E-state index contributed by atoms with van der Waals surface area (Å²) in [4.78, 5) is 0. The molecule has 0 saturated heterocycles. The fourth-order valence-corrected chi connectivity index (χ4v) is 1.42. The quantitative estimate of drug-likeness (QED) is 0.766. The van der Waals surface area contributed by atoms with E-state index in [2.05, 4.69) is 4.74 Å². The molecular formula is C13H7F5O2. The van der Waals surface area contributed by atoms with Gasteiger partial charge in [-0.3, -0.25) is 0 Å². The van der Waals surface area contributed by atoms with Crippen LogP contribution in [0.2, 0.25) is 0 Å². The highest BCUT2D eigenvalue weighted by Gasteiger charge is 2.31. The van der Waals surface area contributed by atoms with E-state index in [1.807, 2.05) is 0 Å². The van der Waals surface area contributed by atoms with Crippen LogP contribution in [-0.2, 0) is 0 Å². The van der Waals surface area contributed by atoms with Crippen molar-refractivity contribution in [2.75, 3.05) is 0 Å². The molecule has 2 aromatic carbocycles. The van der Waals surface area contributed by atoms with Crippen molar-refractivity contribution in [2.45, 2.75) is 6.36 Å². The van der Waals surface area contributed by atoms with Crippen LogP contribution >= 0.6 is 0 Å². The Hall–Kier alpha value is -2.31. The van der Waals surface area contributed by atoms with Crippen LogP contribution in [0.25, 0.3) is 0 Å². The summed E-state index contributed by atoms with van der Waals surface area (Å²) in [7, 11) is 0. The maximum Gasteiger partial charge on any atom is 0.573 e. The summed E-state index contributed by atoms with van der Waals surface area (Å²) >= 11 is 0. The van der Waals surface area contributed by atoms with Gasteiger partial charge in [0.1, 0.15) is 11.5 Å². The number of hydrogen-bond donors (Lipinski definition) is 0. The molecule has 2 rings (SSSR count). The lowest BCUT2D eigenvalue weighted by Crippen LogP contribution is -2.17. The van der Waals surface area contributed by atoms with Gasteiger partial charge in [0.15, 0.2) is 11.6 Å². The van der Waals surface area contributed by atoms with Crippen LogP contribution < -0.4 is 9.47 Å². The van der Waals surface area contributed by atoms with Gasteiger partial charge < -0.3 is 9.47 Å². The second-order valence-electron chi connectivity index (χ2n) is 3.68. The van der Waals surface area contributed by atoms with Crippen molar-refractivity contribution in [3.8, 4) is 17.2 Å². The fourth-order valence-electron chi connectivity index (χ4n) is 1.42. The van der Waals surface area contributed by atoms with Crippen LogP contribution in [0.3, 0.4) is 0 Å². The molecule has 7 heteroatoms. The molecule has 0 aromatic heterocycles. The Labute approximate surface area is 110 Å². The van der Waals surface area contributed by atoms with Gasteiger partial charge in [-0.25, -0.2) is 4.39 Å². The molecule has 20 heavy (non-hydrogen) atoms. The molecule has 0 spiro atoms. The molecule has 106 valence electrons. The maximum absolute atomic E-state index is 13.3. The molecule has 0 amide bonds. The van der Waals surface area contributed by atoms with Crippen LogP contribution in [0.5, 0.6) is 17.2 Å². The molecule has 0 aliphatic heterocycles. The van der Waals surface area contributed by atoms with Gasteiger partial charge in [0, 0.05) is 6.07 Å². The van der Waals surface area contributed by atoms with E-state index in [1.54, 1.807) is 0 Å². The van der Waals surface area contributed by atoms with E-state index in [9.17, 15) is 22.0 Å². The molecule has 0 aliphatic carbocycles. The van der Waals surface area contributed by atoms with Crippen molar-refractivity contribution in [3.63, 3.8) is 0 Å². The average Bonchev–Trinajstić information content (AvgIpc) is 2.33. The molecule has 0 saturated carbocycles. The summed E-state index contributed by atoms with van der Waals surface area (Å²) in [6.07, 6.45) is -4.84. The van der Waals surface area contributed by atoms with Gasteiger partial charge in [0.05, 0.1) is 0 Å². The second kappa shape index (κ2) is 5.36. The van der Waals surface area contributed by atoms with Crippen molar-refractivity contribution < 1.29 is 31.4 Å². The van der Waals surface area contributed by atoms with Crippen LogP contribution in [0.1, 0.15) is 0 Å². The lowest BCUT2D eigenvalue weighted by Gasteiger charge is -2.11. The van der Waals surface area contributed by atoms with Gasteiger partial charge >= 0.3 is 6.36 Å². The fraction of sp³-hybridized carbons (Fsp3) is 0.0769. The lowest BCUT2D eigenvalue weighted by atomic mass is 10.3. The van der Waals surface area contributed by atoms with E-state index in [1.165, 1.54) is 18.2 Å². The summed E-state index contributed by atoms with van der Waals surface area (Å²) in [6, 6.07) is 7.74. The minimum atomic E-state index is -4.84. The monoisotopic (exact) mass is 290 g/mol. The van der Waals surface area contributed by atoms with Gasteiger partial charge in [-0.15, -0.1) is 13.2 Å². The van der Waals surface area contributed by atoms with Gasteiger partial charge in [0.2, 0.25) is 5.82 Å². The second-order valence-corrected chi connectivity index (χ2v) is 3.68. The lowest BCUT2D eigenvalue weighted by molar-refractivity contribution is -0.274. The van der Waals surface area contributed by atoms with E-state index < -0.39 is 29.5 Å². The average molecular weight is 290 g/mol. The van der Waals surface area contributed by atoms with Gasteiger partial charge in [0.25, 0.3) is 0 Å². The van der Waals surface area contributed by atoms with Gasteiger partial charge in [-0.1, -0.05) is 12.1 Å². The summed E-state index contributed by atoms with van der Waals surface area (Å²) < 4.78 is 71.1. The summed E-state index contributed by atoms with van der Waals surface area (Å²) in [6.45, 7) is 0. The number of halogens is 5. The van der Waals surface area contributed by atoms with Crippen molar-refractivity contribution in [1.82, 2.24) is 0 Å². The van der Waals surface area contributed by atoms with Crippen LogP contribution in [0, 0.1) is 11.6 Å². The topological polar surface area (TPSA) is 18.5 Å². The number of ether oxygens (including phenoxy) is 2. The highest BCUT2D eigenvalue weighted by atomic mass is 19.4. The Kier molecular flexibility index (Phi) is 3.78. The minimum Gasteiger partial charge on any atom is -0.454 e. The molecule has 2 nitrogen and oxygen atoms in total. The molecule has 2 aromatic rings. The zero-order valence-corrected chi connectivity index (χ0v) is 9.75. The first-order valence-electron chi connectivity index (χ1n) is 5.33. The Balaban J connectivity index is 2.22. The van der Waals surface area contributed by atoms with Crippen LogP contribution in [0.15, 0.2) is 42.5 Å². The van der Waals surface area contributed by atoms with E-state index in [0.717, 1.165) is 24.3 Å². The number of rotatable bonds is 3. The predicted octanol–water partition coefficient (Wildman–Crippen LogP) is 4.66. The highest BCUT2D eigenvalue weighted by Crippen LogP contribution is 2.30. The Bertz CT molecular complexity index is 610. The van der Waals surface area contributed by atoms with E-state index >= 15 is 0 Å². The Morgan fingerprint density at radius 3 is 2.20 bits per heavy atom. The van der Waals surface area contributed by atoms with E-state index in [-0.39, 0.29) is 5.75 Å². The first-order chi connectivity index (χ1) is 9.35. The zero-order chi connectivity index (χ0) is 14.8. The van der Waals surface area contributed by atoms with Gasteiger partial charge in [-0.05, 0) is 24.3 Å². The highest BCUT2D eigenvalue weighted by molar-refractivity contribution is 5.37. The molecule has 0 bridgehead atoms. The SMILES string of the molecule is Fc1cccc(Oc2cccc(OC(F)(F)F)c2)c1F. The molecule has 0 N–H and O–H groups in total. The number of benzene rings is 2. The normalized spacial score (nSPS) is 11.2. The van der Waals surface area contributed by atoms with Gasteiger partial charge in [-0.2, -0.15) is 4.39 Å². The largest absolute Gasteiger partial charge is 0.573 e. The van der Waals surface area contributed by atoms with Crippen molar-refractivity contribution >= 4 is 0 Å². The van der Waals surface area contributed by atoms with E-state index in [0.29, 0.717) is 0 Å².